The molecule has 1 saturated heterocycles. The lowest BCUT2D eigenvalue weighted by Crippen LogP contribution is -2.53. The second-order valence-electron chi connectivity index (χ2n) is 10.1. The van der Waals surface area contributed by atoms with E-state index in [4.69, 9.17) is 15.2 Å². The summed E-state index contributed by atoms with van der Waals surface area (Å²) in [6.07, 6.45) is 9.57. The summed E-state index contributed by atoms with van der Waals surface area (Å²) in [5.41, 5.74) is 4.79. The molecule has 1 aliphatic carbocycles. The number of primary amides is 1. The maximum Gasteiger partial charge on any atom is 0.408 e. The maximum atomic E-state index is 13.1. The number of ether oxygens (including phenoxy) is 2. The van der Waals surface area contributed by atoms with Crippen LogP contribution in [-0.4, -0.2) is 59.6 Å². The molecule has 0 aromatic rings. The number of carbonyl (C=O) groups excluding carboxylic acids is 4. The van der Waals surface area contributed by atoms with E-state index >= 15 is 0 Å². The smallest absolute Gasteiger partial charge is 0.408 e. The Kier molecular flexibility index (Phi) is 10.4. The van der Waals surface area contributed by atoms with E-state index in [1.807, 2.05) is 6.92 Å². The van der Waals surface area contributed by atoms with Crippen LogP contribution in [0, 0.1) is 11.8 Å². The van der Waals surface area contributed by atoms with Crippen molar-refractivity contribution in [3.63, 3.8) is 0 Å². The monoisotopic (exact) mass is 479 g/mol. The van der Waals surface area contributed by atoms with Gasteiger partial charge in [0.15, 0.2) is 0 Å². The van der Waals surface area contributed by atoms with Crippen LogP contribution in [0.5, 0.6) is 0 Å². The number of carbonyl (C=O) groups is 4. The predicted octanol–water partition coefficient (Wildman–Crippen LogP) is 3.06. The van der Waals surface area contributed by atoms with Gasteiger partial charge in [-0.2, -0.15) is 0 Å². The minimum atomic E-state index is -0.762. The number of unbranched alkanes of at least 4 members (excludes halogenated alkanes) is 3. The highest BCUT2D eigenvalue weighted by Crippen LogP contribution is 2.40. The molecular weight excluding hydrogens is 438 g/mol. The van der Waals surface area contributed by atoms with Crippen molar-refractivity contribution >= 4 is 23.9 Å². The van der Waals surface area contributed by atoms with Crippen LogP contribution in [0.25, 0.3) is 0 Å². The van der Waals surface area contributed by atoms with Crippen LogP contribution in [0.4, 0.5) is 4.79 Å². The molecule has 2 rings (SSSR count). The molecule has 1 aliphatic heterocycles. The van der Waals surface area contributed by atoms with Gasteiger partial charge in [-0.25, -0.2) is 4.79 Å². The minimum absolute atomic E-state index is 0.0108. The predicted molar refractivity (Wildman–Crippen MR) is 128 cm³/mol. The van der Waals surface area contributed by atoms with Crippen molar-refractivity contribution in [1.82, 2.24) is 10.2 Å². The number of nitrogens with zero attached hydrogens (tertiary/aromatic N) is 1. The van der Waals surface area contributed by atoms with Gasteiger partial charge in [0.05, 0.1) is 12.5 Å². The van der Waals surface area contributed by atoms with Crippen LogP contribution in [0.3, 0.4) is 0 Å². The number of nitrogens with one attached hydrogen (secondary N) is 1. The molecule has 3 amide bonds. The van der Waals surface area contributed by atoms with E-state index in [2.05, 4.69) is 17.5 Å². The number of hydrogen-bond acceptors (Lipinski definition) is 6. The SMILES string of the molecule is CCOC(=O)[C@H]1C[C@H]1/C=C\CCCCC[C@H](NC(=O)OC(C)(C)C)C(=O)N1CCC[C@H]1C(N)=O. The second-order valence-corrected chi connectivity index (χ2v) is 10.1. The third-order valence-corrected chi connectivity index (χ3v) is 6.03. The molecule has 9 heteroatoms. The zero-order valence-corrected chi connectivity index (χ0v) is 21.0. The van der Waals surface area contributed by atoms with Crippen LogP contribution < -0.4 is 11.1 Å². The number of esters is 1. The summed E-state index contributed by atoms with van der Waals surface area (Å²) in [5.74, 6) is -0.614. The Morgan fingerprint density at radius 1 is 1.18 bits per heavy atom. The normalized spacial score (nSPS) is 22.9. The molecule has 192 valence electrons. The lowest BCUT2D eigenvalue weighted by Gasteiger charge is -2.28. The first kappa shape index (κ1) is 27.7. The summed E-state index contributed by atoms with van der Waals surface area (Å²) in [4.78, 5) is 50.4. The number of nitrogens with two attached hydrogens (primary N) is 1. The minimum Gasteiger partial charge on any atom is -0.466 e. The quantitative estimate of drug-likeness (QED) is 0.251. The van der Waals surface area contributed by atoms with Crippen LogP contribution in [-0.2, 0) is 23.9 Å². The van der Waals surface area contributed by atoms with Gasteiger partial charge in [-0.15, -0.1) is 0 Å². The topological polar surface area (TPSA) is 128 Å². The van der Waals surface area contributed by atoms with Gasteiger partial charge in [0.25, 0.3) is 0 Å². The number of rotatable bonds is 12. The van der Waals surface area contributed by atoms with Crippen molar-refractivity contribution in [3.05, 3.63) is 12.2 Å². The first-order valence-electron chi connectivity index (χ1n) is 12.5. The molecule has 0 radical (unpaired) electrons. The van der Waals surface area contributed by atoms with Gasteiger partial charge < -0.3 is 25.4 Å². The number of hydrogen-bond donors (Lipinski definition) is 2. The molecule has 9 nitrogen and oxygen atoms in total. The van der Waals surface area contributed by atoms with Crippen molar-refractivity contribution in [2.24, 2.45) is 17.6 Å². The van der Waals surface area contributed by atoms with Gasteiger partial charge >= 0.3 is 12.1 Å². The number of likely N-dealkylation sites (tertiary alicyclic amines) is 1. The highest BCUT2D eigenvalue weighted by Gasteiger charge is 2.42. The molecule has 0 aromatic carbocycles. The maximum absolute atomic E-state index is 13.1. The van der Waals surface area contributed by atoms with Gasteiger partial charge in [-0.3, -0.25) is 14.4 Å². The van der Waals surface area contributed by atoms with Gasteiger partial charge in [-0.1, -0.05) is 25.0 Å². The lowest BCUT2D eigenvalue weighted by molar-refractivity contribution is -0.144. The Bertz CT molecular complexity index is 760. The van der Waals surface area contributed by atoms with Gasteiger partial charge in [0, 0.05) is 6.54 Å². The lowest BCUT2D eigenvalue weighted by atomic mass is 10.0. The molecule has 0 aromatic heterocycles. The van der Waals surface area contributed by atoms with E-state index < -0.39 is 29.7 Å². The Morgan fingerprint density at radius 3 is 2.56 bits per heavy atom. The molecule has 1 saturated carbocycles. The fourth-order valence-corrected chi connectivity index (χ4v) is 4.24. The summed E-state index contributed by atoms with van der Waals surface area (Å²) in [6.45, 7) is 7.97. The van der Waals surface area contributed by atoms with E-state index in [9.17, 15) is 19.2 Å². The van der Waals surface area contributed by atoms with Crippen molar-refractivity contribution in [2.75, 3.05) is 13.2 Å². The number of allylic oxidation sites excluding steroid dienone is 2. The Labute approximate surface area is 202 Å². The fraction of sp³-hybridized carbons (Fsp3) is 0.760. The third kappa shape index (κ3) is 8.99. The molecule has 2 fully saturated rings. The zero-order chi connectivity index (χ0) is 25.3. The average Bonchev–Trinajstić information content (AvgIpc) is 3.34. The standard InChI is InChI=1S/C25H41N3O6/c1-5-33-23(31)18-16-17(18)12-9-7-6-8-10-13-19(27-24(32)34-25(2,3)4)22(30)28-15-11-14-20(28)21(26)29/h9,12,17-20H,5-8,10-11,13-16H2,1-4H3,(H2,26,29)(H,27,32)/b12-9-/t17-,18+,19+,20+/m1/s1. The Hall–Kier alpha value is -2.58. The largest absolute Gasteiger partial charge is 0.466 e. The highest BCUT2D eigenvalue weighted by molar-refractivity contribution is 5.91. The van der Waals surface area contributed by atoms with E-state index in [1.165, 1.54) is 4.90 Å². The van der Waals surface area contributed by atoms with E-state index in [-0.39, 0.29) is 23.7 Å². The van der Waals surface area contributed by atoms with Gasteiger partial charge in [0.1, 0.15) is 17.7 Å². The van der Waals surface area contributed by atoms with E-state index in [0.717, 1.165) is 32.1 Å². The molecule has 4 atom stereocenters. The molecule has 0 spiro atoms. The summed E-state index contributed by atoms with van der Waals surface area (Å²) >= 11 is 0. The van der Waals surface area contributed by atoms with Crippen LogP contribution in [0.2, 0.25) is 0 Å². The van der Waals surface area contributed by atoms with Gasteiger partial charge in [-0.05, 0) is 72.1 Å². The van der Waals surface area contributed by atoms with E-state index in [1.54, 1.807) is 20.8 Å². The number of amides is 3. The van der Waals surface area contributed by atoms with Crippen molar-refractivity contribution < 1.29 is 28.7 Å². The van der Waals surface area contributed by atoms with Crippen LogP contribution in [0.15, 0.2) is 12.2 Å². The first-order chi connectivity index (χ1) is 16.0. The Morgan fingerprint density at radius 2 is 1.91 bits per heavy atom. The summed E-state index contributed by atoms with van der Waals surface area (Å²) < 4.78 is 10.4. The third-order valence-electron chi connectivity index (χ3n) is 6.03. The summed E-state index contributed by atoms with van der Waals surface area (Å²) in [5, 5.41) is 2.70. The zero-order valence-electron chi connectivity index (χ0n) is 21.0. The van der Waals surface area contributed by atoms with Crippen LogP contribution >= 0.6 is 0 Å². The molecular formula is C25H41N3O6. The van der Waals surface area contributed by atoms with Crippen LogP contribution in [0.1, 0.15) is 79.1 Å². The molecule has 2 aliphatic rings. The Balaban J connectivity index is 1.80. The van der Waals surface area contributed by atoms with Gasteiger partial charge in [0.2, 0.25) is 11.8 Å². The second kappa shape index (κ2) is 12.8. The molecule has 0 unspecified atom stereocenters. The average molecular weight is 480 g/mol. The summed E-state index contributed by atoms with van der Waals surface area (Å²) in [6, 6.07) is -1.39. The van der Waals surface area contributed by atoms with Crippen molar-refractivity contribution in [1.29, 1.82) is 0 Å². The fourth-order valence-electron chi connectivity index (χ4n) is 4.24. The molecule has 0 bridgehead atoms. The first-order valence-corrected chi connectivity index (χ1v) is 12.5. The molecule has 3 N–H and O–H groups in total. The molecule has 1 heterocycles. The number of alkyl carbamates (subject to hydrolysis) is 1. The molecule has 34 heavy (non-hydrogen) atoms. The van der Waals surface area contributed by atoms with Crippen molar-refractivity contribution in [3.8, 4) is 0 Å². The summed E-state index contributed by atoms with van der Waals surface area (Å²) in [7, 11) is 0. The highest BCUT2D eigenvalue weighted by atomic mass is 16.6. The van der Waals surface area contributed by atoms with Crippen molar-refractivity contribution in [2.45, 2.75) is 96.7 Å². The van der Waals surface area contributed by atoms with E-state index in [0.29, 0.717) is 32.4 Å².